The molecule has 0 aromatic heterocycles. The first kappa shape index (κ1) is 41.3. The van der Waals surface area contributed by atoms with Gasteiger partial charge in [0.2, 0.25) is 0 Å². The Morgan fingerprint density at radius 2 is 0.643 bits per heavy atom. The van der Waals surface area contributed by atoms with Crippen LogP contribution < -0.4 is 26.2 Å². The molecule has 13 rings (SSSR count). The number of fused-ring (bicyclic) bond motifs is 4. The van der Waals surface area contributed by atoms with Crippen LogP contribution in [0, 0.1) is 0 Å². The van der Waals surface area contributed by atoms with Crippen LogP contribution in [0.1, 0.15) is 22.3 Å². The molecule has 2 aliphatic rings. The number of benzene rings is 11. The lowest BCUT2D eigenvalue weighted by Gasteiger charge is -2.44. The number of rotatable bonds is 9. The standard InChI is InChI=1S/C67H47BN2/c1-7-22-48(23-8-1)51-28-21-35-59(44-51)70-63-45-52(49-24-9-2-10-25-49)38-43-61(63)68-60-36-19-20-37-62(60)69(64-46-53(47-65(70)66(64)68)50-26-11-3-12-27-50)58-41-39-57(40-42-58)67(54-29-13-4-14-30-54,55-31-15-5-16-32-55)56-33-17-6-18-34-56/h1-47H. The summed E-state index contributed by atoms with van der Waals surface area (Å²) in [6, 6.07) is 105. The van der Waals surface area contributed by atoms with Gasteiger partial charge in [-0.3, -0.25) is 0 Å². The average molecular weight is 891 g/mol. The smallest absolute Gasteiger partial charge is 0.252 e. The van der Waals surface area contributed by atoms with Gasteiger partial charge < -0.3 is 9.80 Å². The molecule has 2 nitrogen and oxygen atoms in total. The van der Waals surface area contributed by atoms with E-state index in [1.165, 1.54) is 89.2 Å². The first-order chi connectivity index (χ1) is 34.7. The second kappa shape index (κ2) is 17.3. The minimum absolute atomic E-state index is 0.0168. The highest BCUT2D eigenvalue weighted by Crippen LogP contribution is 2.49. The average Bonchev–Trinajstić information content (AvgIpc) is 3.45. The third-order valence-corrected chi connectivity index (χ3v) is 14.6. The third-order valence-electron chi connectivity index (χ3n) is 14.6. The van der Waals surface area contributed by atoms with Gasteiger partial charge in [0.15, 0.2) is 0 Å². The summed E-state index contributed by atoms with van der Waals surface area (Å²) < 4.78 is 0. The van der Waals surface area contributed by atoms with Gasteiger partial charge in [-0.1, -0.05) is 237 Å². The third kappa shape index (κ3) is 6.81. The van der Waals surface area contributed by atoms with Gasteiger partial charge in [-0.05, 0) is 121 Å². The maximum Gasteiger partial charge on any atom is 0.252 e. The lowest BCUT2D eigenvalue weighted by Crippen LogP contribution is -2.61. The molecule has 0 spiro atoms. The molecule has 0 saturated heterocycles. The van der Waals surface area contributed by atoms with Crippen molar-refractivity contribution in [3.05, 3.63) is 307 Å². The second-order valence-electron chi connectivity index (χ2n) is 18.4. The predicted octanol–water partition coefficient (Wildman–Crippen LogP) is 15.2. The summed E-state index contributed by atoms with van der Waals surface area (Å²) >= 11 is 0. The Balaban J connectivity index is 1.06. The summed E-state index contributed by atoms with van der Waals surface area (Å²) in [7, 11) is 0. The monoisotopic (exact) mass is 890 g/mol. The molecule has 328 valence electrons. The fraction of sp³-hybridized carbons (Fsp3) is 0.0149. The van der Waals surface area contributed by atoms with E-state index in [2.05, 4.69) is 295 Å². The maximum absolute atomic E-state index is 2.54. The maximum atomic E-state index is 2.54. The van der Waals surface area contributed by atoms with Crippen LogP contribution in [0.2, 0.25) is 0 Å². The summed E-state index contributed by atoms with van der Waals surface area (Å²) in [5, 5.41) is 0. The quantitative estimate of drug-likeness (QED) is 0.105. The van der Waals surface area contributed by atoms with E-state index >= 15 is 0 Å². The van der Waals surface area contributed by atoms with Crippen molar-refractivity contribution in [1.29, 1.82) is 0 Å². The number of nitrogens with zero attached hydrogens (tertiary/aromatic N) is 2. The highest BCUT2D eigenvalue weighted by molar-refractivity contribution is 7.00. The minimum atomic E-state index is -0.559. The largest absolute Gasteiger partial charge is 0.311 e. The Labute approximate surface area is 411 Å². The summed E-state index contributed by atoms with van der Waals surface area (Å²) in [6.45, 7) is -0.0168. The molecule has 0 radical (unpaired) electrons. The van der Waals surface area contributed by atoms with Crippen molar-refractivity contribution < 1.29 is 0 Å². The molecule has 2 aliphatic heterocycles. The summed E-state index contributed by atoms with van der Waals surface area (Å²) in [5.41, 5.74) is 22.2. The van der Waals surface area contributed by atoms with Gasteiger partial charge in [-0.25, -0.2) is 0 Å². The molecule has 2 heterocycles. The Hall–Kier alpha value is -8.92. The molecule has 0 N–H and O–H groups in total. The van der Waals surface area contributed by atoms with E-state index in [0.717, 1.165) is 16.9 Å². The fourth-order valence-electron chi connectivity index (χ4n) is 11.5. The Bertz CT molecular complexity index is 3540. The van der Waals surface area contributed by atoms with Gasteiger partial charge >= 0.3 is 0 Å². The number of para-hydroxylation sites is 1. The molecule has 0 aliphatic carbocycles. The van der Waals surface area contributed by atoms with Gasteiger partial charge in [0, 0.05) is 34.1 Å². The van der Waals surface area contributed by atoms with E-state index in [4.69, 9.17) is 0 Å². The SMILES string of the molecule is c1ccc(-c2cccc(N3c4cc(-c5ccccc5)ccc4B4c5ccccc5N(c5ccc(C(c6ccccc6)(c6ccccc6)c6ccccc6)cc5)c5cc(-c6ccccc6)cc3c54)c2)cc1. The second-order valence-corrected chi connectivity index (χ2v) is 18.4. The Morgan fingerprint density at radius 1 is 0.243 bits per heavy atom. The van der Waals surface area contributed by atoms with Crippen molar-refractivity contribution in [2.45, 2.75) is 5.41 Å². The van der Waals surface area contributed by atoms with E-state index in [1.807, 2.05) is 0 Å². The summed E-state index contributed by atoms with van der Waals surface area (Å²) in [4.78, 5) is 5.07. The van der Waals surface area contributed by atoms with Crippen LogP contribution in [0.4, 0.5) is 34.1 Å². The highest BCUT2D eigenvalue weighted by Gasteiger charge is 2.44. The molecule has 0 saturated carbocycles. The molecule has 0 unspecified atom stereocenters. The molecule has 0 fully saturated rings. The van der Waals surface area contributed by atoms with Crippen molar-refractivity contribution in [2.24, 2.45) is 0 Å². The van der Waals surface area contributed by atoms with E-state index < -0.39 is 5.41 Å². The number of hydrogen-bond acceptors (Lipinski definition) is 2. The number of hydrogen-bond donors (Lipinski definition) is 0. The zero-order valence-corrected chi connectivity index (χ0v) is 38.6. The van der Waals surface area contributed by atoms with Crippen LogP contribution in [0.25, 0.3) is 33.4 Å². The van der Waals surface area contributed by atoms with Crippen molar-refractivity contribution >= 4 is 57.2 Å². The molecule has 0 bridgehead atoms. The van der Waals surface area contributed by atoms with Crippen LogP contribution in [0.3, 0.4) is 0 Å². The van der Waals surface area contributed by atoms with E-state index in [-0.39, 0.29) is 6.71 Å². The predicted molar refractivity (Wildman–Crippen MR) is 295 cm³/mol. The lowest BCUT2D eigenvalue weighted by molar-refractivity contribution is 0.745. The van der Waals surface area contributed by atoms with Crippen molar-refractivity contribution in [3.63, 3.8) is 0 Å². The van der Waals surface area contributed by atoms with Gasteiger partial charge in [0.1, 0.15) is 0 Å². The Morgan fingerprint density at radius 3 is 1.19 bits per heavy atom. The fourth-order valence-corrected chi connectivity index (χ4v) is 11.5. The zero-order chi connectivity index (χ0) is 46.4. The van der Waals surface area contributed by atoms with Crippen LogP contribution >= 0.6 is 0 Å². The van der Waals surface area contributed by atoms with Crippen LogP contribution in [0.5, 0.6) is 0 Å². The van der Waals surface area contributed by atoms with Crippen molar-refractivity contribution in [3.8, 4) is 33.4 Å². The molecule has 11 aromatic rings. The topological polar surface area (TPSA) is 6.48 Å². The van der Waals surface area contributed by atoms with E-state index in [1.54, 1.807) is 0 Å². The molecule has 70 heavy (non-hydrogen) atoms. The van der Waals surface area contributed by atoms with Gasteiger partial charge in [-0.2, -0.15) is 0 Å². The van der Waals surface area contributed by atoms with Crippen LogP contribution in [-0.4, -0.2) is 6.71 Å². The summed E-state index contributed by atoms with van der Waals surface area (Å²) in [5.74, 6) is 0. The van der Waals surface area contributed by atoms with Crippen molar-refractivity contribution in [1.82, 2.24) is 0 Å². The molecule has 0 atom stereocenters. The minimum Gasteiger partial charge on any atom is -0.311 e. The van der Waals surface area contributed by atoms with Gasteiger partial charge in [0.25, 0.3) is 6.71 Å². The van der Waals surface area contributed by atoms with Crippen LogP contribution in [-0.2, 0) is 5.41 Å². The number of anilines is 6. The zero-order valence-electron chi connectivity index (χ0n) is 38.6. The Kier molecular flexibility index (Phi) is 10.2. The van der Waals surface area contributed by atoms with E-state index in [0.29, 0.717) is 0 Å². The molecule has 11 aromatic carbocycles. The summed E-state index contributed by atoms with van der Waals surface area (Å²) in [6.07, 6.45) is 0. The molecule has 0 amide bonds. The highest BCUT2D eigenvalue weighted by atomic mass is 15.2. The van der Waals surface area contributed by atoms with Crippen LogP contribution in [0.15, 0.2) is 285 Å². The first-order valence-corrected chi connectivity index (χ1v) is 24.3. The van der Waals surface area contributed by atoms with Crippen molar-refractivity contribution in [2.75, 3.05) is 9.80 Å². The lowest BCUT2D eigenvalue weighted by atomic mass is 9.33. The van der Waals surface area contributed by atoms with Gasteiger partial charge in [-0.15, -0.1) is 0 Å². The van der Waals surface area contributed by atoms with Gasteiger partial charge in [0.05, 0.1) is 5.41 Å². The normalized spacial score (nSPS) is 12.5. The molecular formula is C67H47BN2. The van der Waals surface area contributed by atoms with E-state index in [9.17, 15) is 0 Å². The molecular weight excluding hydrogens is 844 g/mol. The molecule has 3 heteroatoms. The first-order valence-electron chi connectivity index (χ1n) is 24.3.